The van der Waals surface area contributed by atoms with E-state index in [4.69, 9.17) is 9.73 Å². The molecule has 5 atom stereocenters. The van der Waals surface area contributed by atoms with E-state index >= 15 is 0 Å². The molecule has 5 heteroatoms. The van der Waals surface area contributed by atoms with E-state index in [0.29, 0.717) is 25.9 Å². The lowest BCUT2D eigenvalue weighted by atomic mass is 9.51. The molecule has 1 saturated heterocycles. The summed E-state index contributed by atoms with van der Waals surface area (Å²) in [7, 11) is 1.47. The molecule has 3 aliphatic heterocycles. The van der Waals surface area contributed by atoms with Crippen molar-refractivity contribution in [2.75, 3.05) is 20.2 Å². The van der Waals surface area contributed by atoms with Gasteiger partial charge in [0.1, 0.15) is 17.9 Å². The lowest BCUT2D eigenvalue weighted by Crippen LogP contribution is -2.63. The van der Waals surface area contributed by atoms with Crippen LogP contribution in [0.25, 0.3) is 0 Å². The molecule has 1 fully saturated rings. The summed E-state index contributed by atoms with van der Waals surface area (Å²) in [5.74, 6) is -0.295. The van der Waals surface area contributed by atoms with E-state index in [1.165, 1.54) is 7.11 Å². The number of hydrogen-bond acceptors (Lipinski definition) is 4. The third-order valence-electron chi connectivity index (χ3n) is 7.00. The summed E-state index contributed by atoms with van der Waals surface area (Å²) in [6.07, 6.45) is 11.6. The molecule has 3 heterocycles. The van der Waals surface area contributed by atoms with Crippen molar-refractivity contribution >= 4 is 11.7 Å². The summed E-state index contributed by atoms with van der Waals surface area (Å²) in [5, 5.41) is 13.5. The number of allylic oxidation sites excluding steroid dienone is 7. The number of hydrogen-bond donors (Lipinski definition) is 0. The molecular weight excluding hydrogens is 316 g/mol. The van der Waals surface area contributed by atoms with Crippen LogP contribution < -0.4 is 0 Å². The molecule has 0 amide bonds. The second kappa shape index (κ2) is 4.80. The Balaban J connectivity index is 1.81. The number of ether oxygens (including phenoxy) is 1. The fourth-order valence-electron chi connectivity index (χ4n) is 5.94. The predicted molar refractivity (Wildman–Crippen MR) is 94.0 cm³/mol. The van der Waals surface area contributed by atoms with Crippen molar-refractivity contribution in [3.05, 3.63) is 52.6 Å². The molecule has 5 unspecified atom stereocenters. The number of piperidine rings is 1. The van der Waals surface area contributed by atoms with Gasteiger partial charge in [0, 0.05) is 35.8 Å². The van der Waals surface area contributed by atoms with Gasteiger partial charge in [-0.15, -0.1) is 0 Å². The van der Waals surface area contributed by atoms with Crippen LogP contribution in [-0.2, 0) is 9.53 Å². The van der Waals surface area contributed by atoms with Crippen LogP contribution in [0.1, 0.15) is 19.8 Å². The van der Waals surface area contributed by atoms with E-state index in [1.807, 2.05) is 31.2 Å². The van der Waals surface area contributed by atoms with E-state index in [-0.39, 0.29) is 28.4 Å². The minimum absolute atomic E-state index is 0.0607. The molecule has 0 aromatic heterocycles. The molecule has 0 aromatic rings. The average Bonchev–Trinajstić information content (AvgIpc) is 2.97. The number of rotatable bonds is 1. The maximum atomic E-state index is 13.5. The Hall–Kier alpha value is -1.98. The topological polar surface area (TPSA) is 61.7 Å². The zero-order valence-electron chi connectivity index (χ0n) is 14.6. The molecular formula is C20H22N2O3. The van der Waals surface area contributed by atoms with Gasteiger partial charge in [-0.1, -0.05) is 24.3 Å². The first-order valence-corrected chi connectivity index (χ1v) is 9.04. The van der Waals surface area contributed by atoms with E-state index in [9.17, 15) is 10.0 Å². The Morgan fingerprint density at radius 1 is 1.48 bits per heavy atom. The van der Waals surface area contributed by atoms with Crippen molar-refractivity contribution < 1.29 is 14.2 Å². The molecule has 25 heavy (non-hydrogen) atoms. The van der Waals surface area contributed by atoms with Crippen LogP contribution in [0.2, 0.25) is 0 Å². The summed E-state index contributed by atoms with van der Waals surface area (Å²) >= 11 is 0. The second-order valence-corrected chi connectivity index (χ2v) is 7.79. The molecule has 0 radical (unpaired) electrons. The molecule has 0 aromatic carbocycles. The quantitative estimate of drug-likeness (QED) is 0.320. The van der Waals surface area contributed by atoms with Crippen LogP contribution in [0.15, 0.2) is 52.3 Å². The number of methoxy groups -OCH3 is 1. The average molecular weight is 338 g/mol. The van der Waals surface area contributed by atoms with Crippen LogP contribution >= 0.6 is 0 Å². The highest BCUT2D eigenvalue weighted by Gasteiger charge is 2.67. The largest absolute Gasteiger partial charge is 0.627 e. The fraction of sp³-hybridized carbons (Fsp3) is 0.500. The SMILES string of the molecule is CC=C1C[N+]2([O-])CCC34C(=C2CC1C3C(=O)OC)N=C1C=CC=CC14. The third-order valence-corrected chi connectivity index (χ3v) is 7.00. The molecule has 3 bridgehead atoms. The van der Waals surface area contributed by atoms with Gasteiger partial charge in [0.25, 0.3) is 0 Å². The van der Waals surface area contributed by atoms with Crippen molar-refractivity contribution in [3.8, 4) is 0 Å². The minimum atomic E-state index is -0.414. The first-order chi connectivity index (χ1) is 12.0. The number of carbonyl (C=O) groups is 1. The van der Waals surface area contributed by atoms with Gasteiger partial charge < -0.3 is 14.6 Å². The number of carbonyl (C=O) groups excluding carboxylic acids is 1. The number of esters is 1. The minimum Gasteiger partial charge on any atom is -0.627 e. The normalized spacial score (nSPS) is 44.7. The van der Waals surface area contributed by atoms with E-state index in [0.717, 1.165) is 22.7 Å². The zero-order chi connectivity index (χ0) is 17.4. The first kappa shape index (κ1) is 15.3. The Bertz CT molecular complexity index is 834. The lowest BCUT2D eigenvalue weighted by Gasteiger charge is -2.61. The Kier molecular flexibility index (Phi) is 2.94. The summed E-state index contributed by atoms with van der Waals surface area (Å²) in [4.78, 5) is 17.9. The molecule has 2 aliphatic carbocycles. The van der Waals surface area contributed by atoms with Crippen LogP contribution in [0.5, 0.6) is 0 Å². The van der Waals surface area contributed by atoms with Crippen molar-refractivity contribution in [1.82, 2.24) is 0 Å². The maximum Gasteiger partial charge on any atom is 0.310 e. The van der Waals surface area contributed by atoms with Gasteiger partial charge in [0.05, 0.1) is 19.6 Å². The Morgan fingerprint density at radius 3 is 3.08 bits per heavy atom. The number of aliphatic imine (C=N–C) groups is 1. The van der Waals surface area contributed by atoms with Crippen LogP contribution in [0.4, 0.5) is 0 Å². The first-order valence-electron chi connectivity index (χ1n) is 9.04. The van der Waals surface area contributed by atoms with Gasteiger partial charge >= 0.3 is 5.97 Å². The number of nitrogens with zero attached hydrogens (tertiary/aromatic N) is 2. The van der Waals surface area contributed by atoms with Gasteiger partial charge in [-0.3, -0.25) is 9.79 Å². The highest BCUT2D eigenvalue weighted by molar-refractivity contribution is 6.03. The predicted octanol–water partition coefficient (Wildman–Crippen LogP) is 2.87. The second-order valence-electron chi connectivity index (χ2n) is 7.79. The molecule has 5 nitrogen and oxygen atoms in total. The molecule has 5 aliphatic rings. The van der Waals surface area contributed by atoms with Crippen molar-refractivity contribution in [2.24, 2.45) is 28.2 Å². The van der Waals surface area contributed by atoms with Crippen molar-refractivity contribution in [2.45, 2.75) is 19.8 Å². The fourth-order valence-corrected chi connectivity index (χ4v) is 5.94. The third kappa shape index (κ3) is 1.66. The molecule has 5 rings (SSSR count). The molecule has 0 spiro atoms. The Labute approximate surface area is 147 Å². The van der Waals surface area contributed by atoms with Crippen molar-refractivity contribution in [1.29, 1.82) is 0 Å². The standard InChI is InChI=1S/C20H22N2O3/c1-3-12-11-22(24)9-8-20-14-6-4-5-7-15(14)21-18(20)16(22)10-13(12)17(20)19(23)25-2/h3-7,13-14,17H,8-11H2,1-2H3. The van der Waals surface area contributed by atoms with E-state index < -0.39 is 5.41 Å². The highest BCUT2D eigenvalue weighted by atomic mass is 16.5. The van der Waals surface area contributed by atoms with Gasteiger partial charge in [-0.05, 0) is 18.6 Å². The molecule has 0 saturated carbocycles. The van der Waals surface area contributed by atoms with Gasteiger partial charge in [0.15, 0.2) is 0 Å². The van der Waals surface area contributed by atoms with E-state index in [1.54, 1.807) is 0 Å². The zero-order valence-corrected chi connectivity index (χ0v) is 14.6. The lowest BCUT2D eigenvalue weighted by molar-refractivity contribution is -0.850. The molecule has 130 valence electrons. The monoisotopic (exact) mass is 338 g/mol. The summed E-state index contributed by atoms with van der Waals surface area (Å²) in [6, 6.07) is 0. The van der Waals surface area contributed by atoms with Gasteiger partial charge in [-0.2, -0.15) is 0 Å². The Morgan fingerprint density at radius 2 is 2.32 bits per heavy atom. The smallest absolute Gasteiger partial charge is 0.310 e. The van der Waals surface area contributed by atoms with Crippen LogP contribution in [0.3, 0.4) is 0 Å². The van der Waals surface area contributed by atoms with Crippen LogP contribution in [0, 0.1) is 28.4 Å². The summed E-state index contributed by atoms with van der Waals surface area (Å²) in [5.41, 5.74) is 3.48. The number of hydroxylamine groups is 3. The molecule has 0 N–H and O–H groups in total. The number of quaternary nitrogens is 1. The number of fused-ring (bicyclic) bond motifs is 2. The van der Waals surface area contributed by atoms with Gasteiger partial charge in [-0.25, -0.2) is 0 Å². The van der Waals surface area contributed by atoms with E-state index in [2.05, 4.69) is 6.08 Å². The maximum absolute atomic E-state index is 13.5. The van der Waals surface area contributed by atoms with Crippen molar-refractivity contribution in [3.63, 3.8) is 0 Å². The van der Waals surface area contributed by atoms with Crippen LogP contribution in [-0.4, -0.2) is 36.5 Å². The summed E-state index contributed by atoms with van der Waals surface area (Å²) in [6.45, 7) is 2.95. The van der Waals surface area contributed by atoms with Gasteiger partial charge in [0.2, 0.25) is 0 Å². The highest BCUT2D eigenvalue weighted by Crippen LogP contribution is 2.66. The summed E-state index contributed by atoms with van der Waals surface area (Å²) < 4.78 is 4.99.